The van der Waals surface area contributed by atoms with Crippen molar-refractivity contribution in [3.8, 4) is 5.69 Å². The van der Waals surface area contributed by atoms with Gasteiger partial charge in [-0.2, -0.15) is 0 Å². The highest BCUT2D eigenvalue weighted by molar-refractivity contribution is 6.32. The molecule has 0 bridgehead atoms. The van der Waals surface area contributed by atoms with Gasteiger partial charge >= 0.3 is 5.97 Å². The molecule has 0 aliphatic carbocycles. The number of rotatable bonds is 3. The average Bonchev–Trinajstić information content (AvgIpc) is 2.56. The predicted molar refractivity (Wildman–Crippen MR) is 93.2 cm³/mol. The van der Waals surface area contributed by atoms with Gasteiger partial charge in [0.15, 0.2) is 5.82 Å². The molecule has 5 nitrogen and oxygen atoms in total. The number of hydrogen-bond acceptors (Lipinski definition) is 4. The van der Waals surface area contributed by atoms with Gasteiger partial charge in [-0.05, 0) is 25.1 Å². The van der Waals surface area contributed by atoms with Crippen LogP contribution in [0.5, 0.6) is 0 Å². The molecule has 0 atom stereocenters. The molecule has 0 unspecified atom stereocenters. The Labute approximate surface area is 155 Å². The molecule has 3 rings (SSSR count). The zero-order chi connectivity index (χ0) is 19.0. The fraction of sp³-hybridized carbons (Fsp3) is 0.118. The SMILES string of the molecule is CCOC(=O)c1cn(-c2c(F)cc(F)cc2Cl)c2nc(Cl)ccc2c1=O. The standard InChI is InChI=1S/C17H10Cl2F2N2O3/c1-2-26-17(25)10-7-23(14-11(18)5-8(20)6-12(14)21)16-9(15(10)24)3-4-13(19)22-16/h3-7H,2H2,1H3. The third kappa shape index (κ3) is 3.15. The van der Waals surface area contributed by atoms with Crippen molar-refractivity contribution in [2.24, 2.45) is 0 Å². The molecule has 0 saturated carbocycles. The summed E-state index contributed by atoms with van der Waals surface area (Å²) in [4.78, 5) is 28.7. The maximum Gasteiger partial charge on any atom is 0.343 e. The number of aromatic nitrogens is 2. The number of esters is 1. The summed E-state index contributed by atoms with van der Waals surface area (Å²) < 4.78 is 33.7. The van der Waals surface area contributed by atoms with E-state index in [4.69, 9.17) is 27.9 Å². The normalized spacial score (nSPS) is 11.0. The summed E-state index contributed by atoms with van der Waals surface area (Å²) in [6, 6.07) is 4.23. The first kappa shape index (κ1) is 18.3. The van der Waals surface area contributed by atoms with E-state index in [1.165, 1.54) is 12.1 Å². The highest BCUT2D eigenvalue weighted by Crippen LogP contribution is 2.28. The number of pyridine rings is 2. The van der Waals surface area contributed by atoms with Crippen molar-refractivity contribution in [1.29, 1.82) is 0 Å². The van der Waals surface area contributed by atoms with E-state index >= 15 is 0 Å². The van der Waals surface area contributed by atoms with Crippen molar-refractivity contribution in [3.05, 3.63) is 68.1 Å². The minimum Gasteiger partial charge on any atom is -0.462 e. The summed E-state index contributed by atoms with van der Waals surface area (Å²) in [5.41, 5.74) is -1.32. The lowest BCUT2D eigenvalue weighted by molar-refractivity contribution is 0.0524. The van der Waals surface area contributed by atoms with Gasteiger partial charge in [-0.3, -0.25) is 9.36 Å². The zero-order valence-electron chi connectivity index (χ0n) is 13.2. The van der Waals surface area contributed by atoms with Crippen molar-refractivity contribution < 1.29 is 18.3 Å². The molecule has 0 aliphatic rings. The number of carbonyl (C=O) groups excluding carboxylic acids is 1. The molecule has 0 fully saturated rings. The molecular formula is C17H10Cl2F2N2O3. The Bertz CT molecular complexity index is 1080. The smallest absolute Gasteiger partial charge is 0.343 e. The van der Waals surface area contributed by atoms with Crippen LogP contribution in [-0.4, -0.2) is 22.1 Å². The topological polar surface area (TPSA) is 61.2 Å². The number of halogens is 4. The molecule has 0 spiro atoms. The number of carbonyl (C=O) groups is 1. The maximum absolute atomic E-state index is 14.4. The first-order valence-electron chi connectivity index (χ1n) is 7.37. The van der Waals surface area contributed by atoms with Crippen LogP contribution < -0.4 is 5.43 Å². The molecule has 0 aliphatic heterocycles. The summed E-state index contributed by atoms with van der Waals surface area (Å²) in [5.74, 6) is -2.77. The Morgan fingerprint density at radius 1 is 1.27 bits per heavy atom. The third-order valence-electron chi connectivity index (χ3n) is 3.53. The van der Waals surface area contributed by atoms with Crippen molar-refractivity contribution in [1.82, 2.24) is 9.55 Å². The molecule has 1 aromatic carbocycles. The number of ether oxygens (including phenoxy) is 1. The first-order chi connectivity index (χ1) is 12.3. The fourth-order valence-corrected chi connectivity index (χ4v) is 2.90. The summed E-state index contributed by atoms with van der Waals surface area (Å²) in [5, 5.41) is -0.239. The number of fused-ring (bicyclic) bond motifs is 1. The van der Waals surface area contributed by atoms with Gasteiger partial charge in [-0.15, -0.1) is 0 Å². The van der Waals surface area contributed by atoms with E-state index in [0.717, 1.165) is 16.8 Å². The quantitative estimate of drug-likeness (QED) is 0.491. The molecule has 134 valence electrons. The minimum absolute atomic E-state index is 0.000236. The monoisotopic (exact) mass is 398 g/mol. The van der Waals surface area contributed by atoms with Crippen LogP contribution in [0.25, 0.3) is 16.7 Å². The van der Waals surface area contributed by atoms with Gasteiger partial charge in [-0.1, -0.05) is 23.2 Å². The molecular weight excluding hydrogens is 389 g/mol. The Morgan fingerprint density at radius 3 is 2.65 bits per heavy atom. The molecule has 9 heteroatoms. The Balaban J connectivity index is 2.45. The van der Waals surface area contributed by atoms with Gasteiger partial charge < -0.3 is 4.74 Å². The van der Waals surface area contributed by atoms with Crippen LogP contribution in [0.4, 0.5) is 8.78 Å². The molecule has 0 radical (unpaired) electrons. The van der Waals surface area contributed by atoms with Crippen molar-refractivity contribution >= 4 is 40.2 Å². The minimum atomic E-state index is -1.00. The van der Waals surface area contributed by atoms with E-state index in [1.54, 1.807) is 6.92 Å². The molecule has 2 heterocycles. The predicted octanol–water partition coefficient (Wildman–Crippen LogP) is 4.15. The van der Waals surface area contributed by atoms with E-state index in [9.17, 15) is 18.4 Å². The van der Waals surface area contributed by atoms with E-state index in [-0.39, 0.29) is 39.1 Å². The van der Waals surface area contributed by atoms with Crippen LogP contribution in [0, 0.1) is 11.6 Å². The molecule has 3 aromatic rings. The average molecular weight is 399 g/mol. The molecule has 26 heavy (non-hydrogen) atoms. The molecule has 2 aromatic heterocycles. The summed E-state index contributed by atoms with van der Waals surface area (Å²) >= 11 is 11.9. The Morgan fingerprint density at radius 2 is 2.00 bits per heavy atom. The van der Waals surface area contributed by atoms with Gasteiger partial charge in [0.05, 0.1) is 17.0 Å². The van der Waals surface area contributed by atoms with Crippen LogP contribution in [0.3, 0.4) is 0 Å². The van der Waals surface area contributed by atoms with Crippen LogP contribution in [0.1, 0.15) is 17.3 Å². The van der Waals surface area contributed by atoms with Crippen molar-refractivity contribution in [2.45, 2.75) is 6.92 Å². The van der Waals surface area contributed by atoms with E-state index < -0.39 is 23.0 Å². The lowest BCUT2D eigenvalue weighted by Gasteiger charge is -2.14. The van der Waals surface area contributed by atoms with Crippen LogP contribution in [-0.2, 0) is 4.74 Å². The lowest BCUT2D eigenvalue weighted by Crippen LogP contribution is -2.21. The second-order valence-electron chi connectivity index (χ2n) is 5.19. The lowest BCUT2D eigenvalue weighted by atomic mass is 10.1. The van der Waals surface area contributed by atoms with Crippen LogP contribution in [0.15, 0.2) is 35.3 Å². The van der Waals surface area contributed by atoms with Gasteiger partial charge in [-0.25, -0.2) is 18.6 Å². The van der Waals surface area contributed by atoms with Gasteiger partial charge in [0.2, 0.25) is 5.43 Å². The molecule has 0 saturated heterocycles. The van der Waals surface area contributed by atoms with Crippen LogP contribution >= 0.6 is 23.2 Å². The summed E-state index contributed by atoms with van der Waals surface area (Å²) in [6.07, 6.45) is 1.05. The summed E-state index contributed by atoms with van der Waals surface area (Å²) in [6.45, 7) is 1.62. The molecule has 0 amide bonds. The van der Waals surface area contributed by atoms with Gasteiger partial charge in [0, 0.05) is 12.3 Å². The van der Waals surface area contributed by atoms with E-state index in [1.807, 2.05) is 0 Å². The van der Waals surface area contributed by atoms with E-state index in [0.29, 0.717) is 6.07 Å². The number of nitrogens with zero attached hydrogens (tertiary/aromatic N) is 2. The van der Waals surface area contributed by atoms with Crippen molar-refractivity contribution in [2.75, 3.05) is 6.61 Å². The zero-order valence-corrected chi connectivity index (χ0v) is 14.7. The maximum atomic E-state index is 14.4. The second-order valence-corrected chi connectivity index (χ2v) is 5.98. The second kappa shape index (κ2) is 7.01. The molecule has 0 N–H and O–H groups in total. The van der Waals surface area contributed by atoms with Crippen LogP contribution in [0.2, 0.25) is 10.2 Å². The van der Waals surface area contributed by atoms with Gasteiger partial charge in [0.25, 0.3) is 0 Å². The fourth-order valence-electron chi connectivity index (χ4n) is 2.47. The number of benzene rings is 1. The van der Waals surface area contributed by atoms with Crippen molar-refractivity contribution in [3.63, 3.8) is 0 Å². The summed E-state index contributed by atoms with van der Waals surface area (Å²) in [7, 11) is 0. The largest absolute Gasteiger partial charge is 0.462 e. The van der Waals surface area contributed by atoms with Gasteiger partial charge in [0.1, 0.15) is 27.9 Å². The van der Waals surface area contributed by atoms with E-state index in [2.05, 4.69) is 4.98 Å². The third-order valence-corrected chi connectivity index (χ3v) is 4.03. The Hall–Kier alpha value is -2.51. The Kier molecular flexibility index (Phi) is 4.93. The highest BCUT2D eigenvalue weighted by atomic mass is 35.5. The number of hydrogen-bond donors (Lipinski definition) is 0. The first-order valence-corrected chi connectivity index (χ1v) is 8.13. The highest BCUT2D eigenvalue weighted by Gasteiger charge is 2.21.